The number of amides is 1. The van der Waals surface area contributed by atoms with Gasteiger partial charge in [0.2, 0.25) is 0 Å². The quantitative estimate of drug-likeness (QED) is 0.720. The van der Waals surface area contributed by atoms with E-state index in [1.165, 1.54) is 0 Å². The van der Waals surface area contributed by atoms with Gasteiger partial charge in [0.1, 0.15) is 0 Å². The average molecular weight is 229 g/mol. The van der Waals surface area contributed by atoms with Crippen LogP contribution in [-0.4, -0.2) is 23.2 Å². The highest BCUT2D eigenvalue weighted by Crippen LogP contribution is 2.11. The third-order valence-electron chi connectivity index (χ3n) is 1.27. The van der Waals surface area contributed by atoms with Crippen molar-refractivity contribution < 1.29 is 27.9 Å². The number of rotatable bonds is 4. The number of carbonyl (C=O) groups is 2. The molecule has 0 aromatic heterocycles. The summed E-state index contributed by atoms with van der Waals surface area (Å²) in [7, 11) is 0. The van der Waals surface area contributed by atoms with Crippen molar-refractivity contribution in [2.75, 3.05) is 0 Å². The van der Waals surface area contributed by atoms with Crippen molar-refractivity contribution in [1.29, 1.82) is 0 Å². The lowest BCUT2D eigenvalue weighted by atomic mass is 10.2. The Bertz CT molecular complexity index is 204. The summed E-state index contributed by atoms with van der Waals surface area (Å²) in [5, 5.41) is 8.14. The molecule has 0 saturated carbocycles. The molecule has 4 nitrogen and oxygen atoms in total. The van der Waals surface area contributed by atoms with Crippen LogP contribution in [0.25, 0.3) is 0 Å². The zero-order valence-electron chi connectivity index (χ0n) is 8.30. The molecule has 0 aromatic rings. The number of aliphatic carboxylic acids is 1. The monoisotopic (exact) mass is 229 g/mol. The first-order valence-corrected chi connectivity index (χ1v) is 4.30. The minimum Gasteiger partial charge on any atom is -0.481 e. The van der Waals surface area contributed by atoms with Crippen molar-refractivity contribution in [3.8, 4) is 0 Å². The highest BCUT2D eigenvalue weighted by molar-refractivity contribution is 5.79. The Morgan fingerprint density at radius 2 is 1.67 bits per heavy atom. The van der Waals surface area contributed by atoms with E-state index in [0.29, 0.717) is 6.42 Å². The van der Waals surface area contributed by atoms with E-state index in [-0.39, 0.29) is 0 Å². The molecule has 0 saturated heterocycles. The van der Waals surface area contributed by atoms with Crippen LogP contribution in [0.2, 0.25) is 0 Å². The topological polar surface area (TPSA) is 80.4 Å². The molecule has 0 atom stereocenters. The van der Waals surface area contributed by atoms with Crippen molar-refractivity contribution in [2.45, 2.75) is 38.8 Å². The van der Waals surface area contributed by atoms with Crippen molar-refractivity contribution >= 4 is 11.9 Å². The normalized spacial score (nSPS) is 10.1. The lowest BCUT2D eigenvalue weighted by Crippen LogP contribution is -2.30. The van der Waals surface area contributed by atoms with Gasteiger partial charge in [-0.05, 0) is 6.42 Å². The van der Waals surface area contributed by atoms with Crippen LogP contribution in [0, 0.1) is 0 Å². The first kappa shape index (κ1) is 16.2. The van der Waals surface area contributed by atoms with Crippen LogP contribution >= 0.6 is 0 Å². The van der Waals surface area contributed by atoms with E-state index in [0.717, 1.165) is 19.3 Å². The second-order valence-electron chi connectivity index (χ2n) is 2.71. The molecule has 0 aromatic carbocycles. The number of alkyl halides is 3. The van der Waals surface area contributed by atoms with Crippen molar-refractivity contribution in [1.82, 2.24) is 0 Å². The van der Waals surface area contributed by atoms with E-state index in [9.17, 15) is 18.0 Å². The van der Waals surface area contributed by atoms with Crippen molar-refractivity contribution in [3.63, 3.8) is 0 Å². The second-order valence-corrected chi connectivity index (χ2v) is 2.71. The van der Waals surface area contributed by atoms with Crippen LogP contribution in [0.3, 0.4) is 0 Å². The third kappa shape index (κ3) is 15.5. The standard InChI is InChI=1S/C6H12O2.C2H2F3NO/c1-2-3-4-5-6(7)8;3-2(4,5)1(6)7/h2-5H2,1H3,(H,7,8);(H2,6,7). The average Bonchev–Trinajstić information content (AvgIpc) is 2.03. The molecule has 0 aliphatic heterocycles. The fourth-order valence-corrected chi connectivity index (χ4v) is 0.526. The molecule has 0 bridgehead atoms. The number of nitrogens with two attached hydrogens (primary N) is 1. The van der Waals surface area contributed by atoms with Crippen LogP contribution < -0.4 is 5.73 Å². The minimum absolute atomic E-state index is 0.327. The maximum Gasteiger partial charge on any atom is 0.470 e. The minimum atomic E-state index is -4.86. The van der Waals surface area contributed by atoms with E-state index in [2.05, 4.69) is 12.7 Å². The van der Waals surface area contributed by atoms with Gasteiger partial charge in [0, 0.05) is 6.42 Å². The fraction of sp³-hybridized carbons (Fsp3) is 0.750. The molecule has 7 heteroatoms. The number of primary amides is 1. The molecular formula is C8H14F3NO3. The smallest absolute Gasteiger partial charge is 0.470 e. The molecule has 0 aliphatic carbocycles. The van der Waals surface area contributed by atoms with Gasteiger partial charge in [0.15, 0.2) is 0 Å². The summed E-state index contributed by atoms with van der Waals surface area (Å²) in [6, 6.07) is 0. The summed E-state index contributed by atoms with van der Waals surface area (Å²) in [5.74, 6) is -2.94. The zero-order chi connectivity index (χ0) is 12.5. The summed E-state index contributed by atoms with van der Waals surface area (Å²) in [6.07, 6.45) is -1.58. The molecule has 0 spiro atoms. The lowest BCUT2D eigenvalue weighted by Gasteiger charge is -1.95. The molecule has 0 fully saturated rings. The van der Waals surface area contributed by atoms with Crippen LogP contribution in [0.1, 0.15) is 32.6 Å². The molecule has 0 heterocycles. The molecule has 90 valence electrons. The molecular weight excluding hydrogens is 215 g/mol. The number of hydrogen-bond donors (Lipinski definition) is 2. The molecule has 0 radical (unpaired) electrons. The number of carboxylic acid groups (broad SMARTS) is 1. The number of halogens is 3. The molecule has 0 aliphatic rings. The molecule has 3 N–H and O–H groups in total. The zero-order valence-corrected chi connectivity index (χ0v) is 8.30. The first-order valence-electron chi connectivity index (χ1n) is 4.30. The molecule has 1 amide bonds. The fourth-order valence-electron chi connectivity index (χ4n) is 0.526. The van der Waals surface area contributed by atoms with Crippen molar-refractivity contribution in [3.05, 3.63) is 0 Å². The van der Waals surface area contributed by atoms with Crippen LogP contribution in [-0.2, 0) is 9.59 Å². The van der Waals surface area contributed by atoms with Gasteiger partial charge in [-0.25, -0.2) is 0 Å². The van der Waals surface area contributed by atoms with Gasteiger partial charge in [-0.15, -0.1) is 0 Å². The van der Waals surface area contributed by atoms with Gasteiger partial charge in [-0.3, -0.25) is 9.59 Å². The Balaban J connectivity index is 0. The van der Waals surface area contributed by atoms with Gasteiger partial charge in [0.25, 0.3) is 0 Å². The predicted molar refractivity (Wildman–Crippen MR) is 47.0 cm³/mol. The third-order valence-corrected chi connectivity index (χ3v) is 1.27. The highest BCUT2D eigenvalue weighted by atomic mass is 19.4. The van der Waals surface area contributed by atoms with Crippen LogP contribution in [0.15, 0.2) is 0 Å². The predicted octanol–water partition coefficient (Wildman–Crippen LogP) is 1.69. The summed E-state index contributed by atoms with van der Waals surface area (Å²) in [6.45, 7) is 2.06. The number of carboxylic acids is 1. The Morgan fingerprint density at radius 3 is 1.87 bits per heavy atom. The SMILES string of the molecule is CCCCCC(=O)O.NC(=O)C(F)(F)F. The Hall–Kier alpha value is -1.27. The Kier molecular flexibility index (Phi) is 8.70. The van der Waals surface area contributed by atoms with E-state index in [1.807, 2.05) is 0 Å². The van der Waals surface area contributed by atoms with E-state index in [4.69, 9.17) is 9.90 Å². The molecule has 0 rings (SSSR count). The molecule has 0 unspecified atom stereocenters. The summed E-state index contributed by atoms with van der Waals surface area (Å²) in [5.41, 5.74) is 3.81. The largest absolute Gasteiger partial charge is 0.481 e. The number of unbranched alkanes of at least 4 members (excludes halogenated alkanes) is 2. The second kappa shape index (κ2) is 8.07. The number of hydrogen-bond acceptors (Lipinski definition) is 2. The summed E-state index contributed by atoms with van der Waals surface area (Å²) >= 11 is 0. The number of carbonyl (C=O) groups excluding carboxylic acids is 1. The maximum absolute atomic E-state index is 10.7. The Labute approximate surface area is 85.3 Å². The van der Waals surface area contributed by atoms with Crippen LogP contribution in [0.4, 0.5) is 13.2 Å². The first-order chi connectivity index (χ1) is 6.71. The molecule has 15 heavy (non-hydrogen) atoms. The van der Waals surface area contributed by atoms with Gasteiger partial charge in [-0.2, -0.15) is 13.2 Å². The van der Waals surface area contributed by atoms with Gasteiger partial charge in [0.05, 0.1) is 0 Å². The van der Waals surface area contributed by atoms with Crippen LogP contribution in [0.5, 0.6) is 0 Å². The highest BCUT2D eigenvalue weighted by Gasteiger charge is 2.35. The lowest BCUT2D eigenvalue weighted by molar-refractivity contribution is -0.169. The summed E-state index contributed by atoms with van der Waals surface area (Å²) in [4.78, 5) is 19.0. The van der Waals surface area contributed by atoms with Crippen molar-refractivity contribution in [2.24, 2.45) is 5.73 Å². The van der Waals surface area contributed by atoms with Gasteiger partial charge in [-0.1, -0.05) is 19.8 Å². The summed E-state index contributed by atoms with van der Waals surface area (Å²) < 4.78 is 32.1. The Morgan fingerprint density at radius 1 is 1.27 bits per heavy atom. The van der Waals surface area contributed by atoms with E-state index >= 15 is 0 Å². The maximum atomic E-state index is 10.7. The van der Waals surface area contributed by atoms with E-state index in [1.54, 1.807) is 0 Å². The van der Waals surface area contributed by atoms with Gasteiger partial charge >= 0.3 is 18.1 Å². The van der Waals surface area contributed by atoms with Gasteiger partial charge < -0.3 is 10.8 Å². The van der Waals surface area contributed by atoms with E-state index < -0.39 is 18.1 Å².